The average molecular weight is 496 g/mol. The number of aliphatic hydroxyl groups excluding tert-OH is 1. The monoisotopic (exact) mass is 495 g/mol. The van der Waals surface area contributed by atoms with Crippen LogP contribution in [0.15, 0.2) is 36.7 Å². The minimum atomic E-state index is -4.49. The van der Waals surface area contributed by atoms with Gasteiger partial charge in [-0.3, -0.25) is 4.90 Å². The molecule has 0 aliphatic carbocycles. The van der Waals surface area contributed by atoms with E-state index in [-0.39, 0.29) is 23.7 Å². The Balaban J connectivity index is 1.54. The first-order valence-electron chi connectivity index (χ1n) is 10.9. The Bertz CT molecular complexity index is 1100. The second-order valence-corrected chi connectivity index (χ2v) is 9.63. The molecular formula is C23H25F4N5OS. The quantitative estimate of drug-likeness (QED) is 0.454. The SMILES string of the molecule is Cc1nc(C(O)N2CCC[C@@H](C)[C@H]2CNc2ncc(C(F)(F)F)cn2)c(-c2ccc(F)cc2)s1. The summed E-state index contributed by atoms with van der Waals surface area (Å²) in [5.74, 6) is -0.0374. The van der Waals surface area contributed by atoms with E-state index in [9.17, 15) is 22.7 Å². The summed E-state index contributed by atoms with van der Waals surface area (Å²) in [5.41, 5.74) is 0.381. The number of piperidine rings is 1. The molecule has 182 valence electrons. The number of nitrogens with zero attached hydrogens (tertiary/aromatic N) is 4. The molecule has 1 aromatic carbocycles. The van der Waals surface area contributed by atoms with E-state index in [0.717, 1.165) is 40.7 Å². The lowest BCUT2D eigenvalue weighted by Gasteiger charge is -2.42. The lowest BCUT2D eigenvalue weighted by atomic mass is 9.90. The summed E-state index contributed by atoms with van der Waals surface area (Å²) >= 11 is 1.43. The molecule has 2 aromatic heterocycles. The van der Waals surface area contributed by atoms with Crippen molar-refractivity contribution in [2.75, 3.05) is 18.4 Å². The van der Waals surface area contributed by atoms with Crippen LogP contribution in [-0.2, 0) is 6.18 Å². The zero-order valence-corrected chi connectivity index (χ0v) is 19.5. The predicted octanol–water partition coefficient (Wildman–Crippen LogP) is 5.27. The summed E-state index contributed by atoms with van der Waals surface area (Å²) in [4.78, 5) is 14.9. The van der Waals surface area contributed by atoms with Crippen molar-refractivity contribution in [3.63, 3.8) is 0 Å². The van der Waals surface area contributed by atoms with Crippen LogP contribution in [0.25, 0.3) is 10.4 Å². The fourth-order valence-electron chi connectivity index (χ4n) is 4.25. The Morgan fingerprint density at radius 3 is 2.53 bits per heavy atom. The van der Waals surface area contributed by atoms with Crippen LogP contribution in [0.3, 0.4) is 0 Å². The number of benzene rings is 1. The van der Waals surface area contributed by atoms with Crippen LogP contribution in [-0.4, -0.2) is 44.1 Å². The first kappa shape index (κ1) is 24.5. The number of rotatable bonds is 6. The molecule has 0 radical (unpaired) electrons. The van der Waals surface area contributed by atoms with Gasteiger partial charge in [-0.05, 0) is 43.4 Å². The molecule has 6 nitrogen and oxygen atoms in total. The molecule has 1 aliphatic rings. The number of thiazole rings is 1. The van der Waals surface area contributed by atoms with Crippen LogP contribution in [0.4, 0.5) is 23.5 Å². The van der Waals surface area contributed by atoms with E-state index in [4.69, 9.17) is 0 Å². The van der Waals surface area contributed by atoms with Gasteiger partial charge in [-0.1, -0.05) is 19.1 Å². The molecule has 0 amide bonds. The Morgan fingerprint density at radius 2 is 1.88 bits per heavy atom. The summed E-state index contributed by atoms with van der Waals surface area (Å²) in [6, 6.07) is 5.95. The van der Waals surface area contributed by atoms with E-state index in [1.807, 2.05) is 11.8 Å². The van der Waals surface area contributed by atoms with Crippen molar-refractivity contribution in [1.82, 2.24) is 19.9 Å². The highest BCUT2D eigenvalue weighted by atomic mass is 32.1. The van der Waals surface area contributed by atoms with Gasteiger partial charge in [-0.15, -0.1) is 11.3 Å². The van der Waals surface area contributed by atoms with E-state index in [1.165, 1.54) is 23.5 Å². The third kappa shape index (κ3) is 5.37. The van der Waals surface area contributed by atoms with E-state index < -0.39 is 18.0 Å². The zero-order valence-electron chi connectivity index (χ0n) is 18.7. The Labute approximate surface area is 198 Å². The van der Waals surface area contributed by atoms with E-state index >= 15 is 0 Å². The smallest absolute Gasteiger partial charge is 0.372 e. The molecule has 3 atom stereocenters. The first-order valence-corrected chi connectivity index (χ1v) is 11.8. The molecule has 3 aromatic rings. The van der Waals surface area contributed by atoms with Crippen molar-refractivity contribution in [1.29, 1.82) is 0 Å². The molecule has 1 unspecified atom stereocenters. The van der Waals surface area contributed by atoms with Gasteiger partial charge >= 0.3 is 6.18 Å². The van der Waals surface area contributed by atoms with E-state index in [1.54, 1.807) is 12.1 Å². The topological polar surface area (TPSA) is 74.2 Å². The molecule has 0 saturated carbocycles. The predicted molar refractivity (Wildman–Crippen MR) is 122 cm³/mol. The molecule has 11 heteroatoms. The Hall–Kier alpha value is -2.63. The van der Waals surface area contributed by atoms with Gasteiger partial charge in [0.05, 0.1) is 15.4 Å². The van der Waals surface area contributed by atoms with Crippen molar-refractivity contribution < 1.29 is 22.7 Å². The standard InChI is InChI=1S/C23H25F4N5OS/c1-13-4-3-9-32(18(13)12-30-22-28-10-16(11-29-22)23(25,26)27)21(33)19-20(34-14(2)31-19)15-5-7-17(24)8-6-15/h5-8,10-11,13,18,21,33H,3-4,9,12H2,1-2H3,(H,28,29,30)/t13-,18-,21?/m1/s1. The third-order valence-corrected chi connectivity index (χ3v) is 7.07. The number of aryl methyl sites for hydroxylation is 1. The minimum Gasteiger partial charge on any atom is -0.372 e. The second kappa shape index (κ2) is 9.93. The summed E-state index contributed by atoms with van der Waals surface area (Å²) in [5, 5.41) is 15.2. The van der Waals surface area contributed by atoms with Gasteiger partial charge in [0.1, 0.15) is 11.5 Å². The minimum absolute atomic E-state index is 0.0942. The van der Waals surface area contributed by atoms with Crippen molar-refractivity contribution in [3.8, 4) is 10.4 Å². The maximum atomic E-state index is 13.4. The molecule has 3 heterocycles. The van der Waals surface area contributed by atoms with Crippen molar-refractivity contribution in [2.45, 2.75) is 45.1 Å². The van der Waals surface area contributed by atoms with Gasteiger partial charge in [0.25, 0.3) is 0 Å². The third-order valence-electron chi connectivity index (χ3n) is 6.03. The fourth-order valence-corrected chi connectivity index (χ4v) is 5.20. The number of aliphatic hydroxyl groups is 1. The van der Waals surface area contributed by atoms with Gasteiger partial charge < -0.3 is 10.4 Å². The number of likely N-dealkylation sites (tertiary alicyclic amines) is 1. The molecule has 34 heavy (non-hydrogen) atoms. The maximum Gasteiger partial charge on any atom is 0.419 e. The lowest BCUT2D eigenvalue weighted by molar-refractivity contribution is -0.138. The van der Waals surface area contributed by atoms with Crippen LogP contribution in [0.5, 0.6) is 0 Å². The highest BCUT2D eigenvalue weighted by molar-refractivity contribution is 7.15. The summed E-state index contributed by atoms with van der Waals surface area (Å²) in [6.07, 6.45) is -2.15. The summed E-state index contributed by atoms with van der Waals surface area (Å²) < 4.78 is 51.7. The van der Waals surface area contributed by atoms with E-state index in [2.05, 4.69) is 27.2 Å². The number of nitrogens with one attached hydrogen (secondary N) is 1. The molecule has 1 saturated heterocycles. The maximum absolute atomic E-state index is 13.4. The molecular weight excluding hydrogens is 470 g/mol. The highest BCUT2D eigenvalue weighted by Crippen LogP contribution is 2.38. The van der Waals surface area contributed by atoms with Gasteiger partial charge in [0.15, 0.2) is 6.23 Å². The van der Waals surface area contributed by atoms with E-state index in [0.29, 0.717) is 18.8 Å². The van der Waals surface area contributed by atoms with Crippen LogP contribution in [0.2, 0.25) is 0 Å². The van der Waals surface area contributed by atoms with Crippen LogP contribution in [0.1, 0.15) is 42.3 Å². The number of halogens is 4. The fraction of sp³-hybridized carbons (Fsp3) is 0.435. The van der Waals surface area contributed by atoms with Gasteiger partial charge in [-0.25, -0.2) is 19.3 Å². The Morgan fingerprint density at radius 1 is 1.21 bits per heavy atom. The second-order valence-electron chi connectivity index (χ2n) is 8.43. The van der Waals surface area contributed by atoms with Crippen LogP contribution in [0, 0.1) is 18.7 Å². The van der Waals surface area contributed by atoms with Crippen molar-refractivity contribution in [2.24, 2.45) is 5.92 Å². The van der Waals surface area contributed by atoms with Gasteiger partial charge in [-0.2, -0.15) is 13.2 Å². The average Bonchev–Trinajstić information content (AvgIpc) is 3.19. The largest absolute Gasteiger partial charge is 0.419 e. The highest BCUT2D eigenvalue weighted by Gasteiger charge is 2.36. The van der Waals surface area contributed by atoms with Crippen LogP contribution >= 0.6 is 11.3 Å². The summed E-state index contributed by atoms with van der Waals surface area (Å²) in [7, 11) is 0. The number of aromatic nitrogens is 3. The number of hydrogen-bond acceptors (Lipinski definition) is 7. The van der Waals surface area contributed by atoms with Crippen molar-refractivity contribution >= 4 is 17.3 Å². The normalized spacial score (nSPS) is 20.3. The van der Waals surface area contributed by atoms with Gasteiger partial charge in [0.2, 0.25) is 5.95 Å². The van der Waals surface area contributed by atoms with Crippen LogP contribution < -0.4 is 5.32 Å². The summed E-state index contributed by atoms with van der Waals surface area (Å²) in [6.45, 7) is 4.91. The molecule has 2 N–H and O–H groups in total. The Kier molecular flexibility index (Phi) is 7.15. The van der Waals surface area contributed by atoms with Gasteiger partial charge in [0, 0.05) is 31.5 Å². The molecule has 1 aliphatic heterocycles. The number of alkyl halides is 3. The molecule has 4 rings (SSSR count). The molecule has 0 spiro atoms. The molecule has 0 bridgehead atoms. The molecule has 1 fully saturated rings. The first-order chi connectivity index (χ1) is 16.1. The van der Waals surface area contributed by atoms with Crippen molar-refractivity contribution in [3.05, 3.63) is 58.7 Å². The lowest BCUT2D eigenvalue weighted by Crippen LogP contribution is -2.50. The zero-order chi connectivity index (χ0) is 24.5. The number of anilines is 1. The number of hydrogen-bond donors (Lipinski definition) is 2.